The number of amides is 2. The smallest absolute Gasteiger partial charge is 0.314 e. The molecule has 0 saturated heterocycles. The van der Waals surface area contributed by atoms with Gasteiger partial charge in [-0.1, -0.05) is 0 Å². The molecule has 0 radical (unpaired) electrons. The van der Waals surface area contributed by atoms with E-state index in [-0.39, 0.29) is 12.5 Å². The summed E-state index contributed by atoms with van der Waals surface area (Å²) in [5.74, 6) is -0.159. The molecule has 0 saturated carbocycles. The van der Waals surface area contributed by atoms with E-state index in [1.165, 1.54) is 6.33 Å². The van der Waals surface area contributed by atoms with Crippen LogP contribution in [0.1, 0.15) is 18.7 Å². The van der Waals surface area contributed by atoms with Crippen LogP contribution in [0.4, 0.5) is 4.79 Å². The number of carbonyl (C=O) groups excluding carboxylic acids is 1. The molecule has 8 heteroatoms. The minimum absolute atomic E-state index is 0.0539. The molecule has 4 N–H and O–H groups in total. The first-order chi connectivity index (χ1) is 8.18. The normalized spacial score (nSPS) is 9.88. The molecule has 2 amide bonds. The number of aromatic nitrogens is 3. The quantitative estimate of drug-likeness (QED) is 0.480. The lowest BCUT2D eigenvalue weighted by Gasteiger charge is -2.05. The van der Waals surface area contributed by atoms with Gasteiger partial charge in [-0.05, 0) is 6.42 Å². The van der Waals surface area contributed by atoms with Crippen LogP contribution < -0.4 is 10.6 Å². The molecule has 0 aliphatic heterocycles. The Balaban J connectivity index is 1.99. The van der Waals surface area contributed by atoms with Gasteiger partial charge in [-0.2, -0.15) is 5.10 Å². The van der Waals surface area contributed by atoms with Crippen LogP contribution in [0.15, 0.2) is 6.33 Å². The van der Waals surface area contributed by atoms with E-state index in [1.807, 2.05) is 0 Å². The van der Waals surface area contributed by atoms with E-state index in [9.17, 15) is 9.59 Å². The first-order valence-electron chi connectivity index (χ1n) is 5.26. The van der Waals surface area contributed by atoms with Crippen molar-refractivity contribution >= 4 is 12.0 Å². The van der Waals surface area contributed by atoms with Crippen molar-refractivity contribution in [1.82, 2.24) is 25.8 Å². The minimum atomic E-state index is -0.863. The molecule has 0 aromatic carbocycles. The molecule has 0 bridgehead atoms. The third-order valence-electron chi connectivity index (χ3n) is 1.97. The molecule has 1 heterocycles. The Kier molecular flexibility index (Phi) is 5.49. The van der Waals surface area contributed by atoms with Crippen LogP contribution >= 0.6 is 0 Å². The fraction of sp³-hybridized carbons (Fsp3) is 0.556. The molecule has 0 aliphatic rings. The van der Waals surface area contributed by atoms with Crippen molar-refractivity contribution in [3.63, 3.8) is 0 Å². The van der Waals surface area contributed by atoms with Gasteiger partial charge in [0.05, 0.1) is 0 Å². The van der Waals surface area contributed by atoms with Crippen LogP contribution in [0.3, 0.4) is 0 Å². The molecule has 17 heavy (non-hydrogen) atoms. The van der Waals surface area contributed by atoms with Gasteiger partial charge in [-0.25, -0.2) is 9.78 Å². The topological polar surface area (TPSA) is 120 Å². The van der Waals surface area contributed by atoms with Crippen molar-refractivity contribution in [2.24, 2.45) is 0 Å². The summed E-state index contributed by atoms with van der Waals surface area (Å²) in [6, 6.07) is -0.310. The zero-order valence-corrected chi connectivity index (χ0v) is 9.27. The summed E-state index contributed by atoms with van der Waals surface area (Å²) in [7, 11) is 0. The zero-order chi connectivity index (χ0) is 12.5. The van der Waals surface area contributed by atoms with Gasteiger partial charge in [-0.15, -0.1) is 0 Å². The number of carboxylic acid groups (broad SMARTS) is 1. The number of rotatable bonds is 7. The second-order valence-electron chi connectivity index (χ2n) is 3.36. The maximum Gasteiger partial charge on any atom is 0.314 e. The number of hydrogen-bond donors (Lipinski definition) is 4. The summed E-state index contributed by atoms with van der Waals surface area (Å²) in [5, 5.41) is 19.9. The van der Waals surface area contributed by atoms with E-state index in [2.05, 4.69) is 25.8 Å². The highest BCUT2D eigenvalue weighted by Gasteiger charge is 2.01. The first kappa shape index (κ1) is 12.9. The lowest BCUT2D eigenvalue weighted by molar-refractivity contribution is -0.137. The van der Waals surface area contributed by atoms with E-state index in [4.69, 9.17) is 5.11 Å². The number of urea groups is 1. The highest BCUT2D eigenvalue weighted by atomic mass is 16.4. The van der Waals surface area contributed by atoms with Crippen LogP contribution in [-0.4, -0.2) is 45.4 Å². The Hall–Kier alpha value is -2.12. The Morgan fingerprint density at radius 1 is 1.35 bits per heavy atom. The average Bonchev–Trinajstić information content (AvgIpc) is 2.77. The molecule has 0 aliphatic carbocycles. The molecule has 1 rings (SSSR count). The Morgan fingerprint density at radius 2 is 2.12 bits per heavy atom. The van der Waals surface area contributed by atoms with Crippen molar-refractivity contribution in [2.45, 2.75) is 19.3 Å². The van der Waals surface area contributed by atoms with Crippen molar-refractivity contribution in [3.8, 4) is 0 Å². The van der Waals surface area contributed by atoms with Gasteiger partial charge in [-0.3, -0.25) is 9.89 Å². The summed E-state index contributed by atoms with van der Waals surface area (Å²) in [6.45, 7) is 0.792. The Morgan fingerprint density at radius 3 is 2.76 bits per heavy atom. The van der Waals surface area contributed by atoms with Crippen molar-refractivity contribution in [1.29, 1.82) is 0 Å². The summed E-state index contributed by atoms with van der Waals surface area (Å²) in [5.41, 5.74) is 0. The van der Waals surface area contributed by atoms with Crippen LogP contribution in [0.2, 0.25) is 0 Å². The first-order valence-corrected chi connectivity index (χ1v) is 5.26. The number of aliphatic carboxylic acids is 1. The largest absolute Gasteiger partial charge is 0.481 e. The van der Waals surface area contributed by atoms with Crippen LogP contribution in [0.25, 0.3) is 0 Å². The van der Waals surface area contributed by atoms with Crippen molar-refractivity contribution in [3.05, 3.63) is 12.2 Å². The molecular weight excluding hydrogens is 226 g/mol. The number of nitrogens with zero attached hydrogens (tertiary/aromatic N) is 2. The standard InChI is InChI=1S/C9H15N5O3/c15-8(16)2-1-4-10-9(17)11-5-3-7-12-6-13-14-7/h6H,1-5H2,(H,15,16)(H2,10,11,17)(H,12,13,14). The Labute approximate surface area is 97.8 Å². The van der Waals surface area contributed by atoms with Crippen molar-refractivity contribution in [2.75, 3.05) is 13.1 Å². The highest BCUT2D eigenvalue weighted by molar-refractivity contribution is 5.73. The fourth-order valence-corrected chi connectivity index (χ4v) is 1.15. The van der Waals surface area contributed by atoms with E-state index < -0.39 is 5.97 Å². The number of aromatic amines is 1. The van der Waals surface area contributed by atoms with Gasteiger partial charge in [0.15, 0.2) is 0 Å². The lowest BCUT2D eigenvalue weighted by Crippen LogP contribution is -2.37. The van der Waals surface area contributed by atoms with Gasteiger partial charge in [0.25, 0.3) is 0 Å². The zero-order valence-electron chi connectivity index (χ0n) is 9.27. The summed E-state index contributed by atoms with van der Waals surface area (Å²) in [4.78, 5) is 25.3. The molecule has 0 fully saturated rings. The highest BCUT2D eigenvalue weighted by Crippen LogP contribution is 1.87. The molecule has 0 atom stereocenters. The fourth-order valence-electron chi connectivity index (χ4n) is 1.15. The van der Waals surface area contributed by atoms with Gasteiger partial charge in [0.2, 0.25) is 0 Å². The monoisotopic (exact) mass is 241 g/mol. The van der Waals surface area contributed by atoms with Gasteiger partial charge >= 0.3 is 12.0 Å². The number of nitrogens with one attached hydrogen (secondary N) is 3. The molecule has 0 unspecified atom stereocenters. The number of hydrogen-bond acceptors (Lipinski definition) is 4. The van der Waals surface area contributed by atoms with Crippen molar-refractivity contribution < 1.29 is 14.7 Å². The van der Waals surface area contributed by atoms with E-state index in [1.54, 1.807) is 0 Å². The van der Waals surface area contributed by atoms with Crippen LogP contribution in [0.5, 0.6) is 0 Å². The summed E-state index contributed by atoms with van der Waals surface area (Å²) < 4.78 is 0. The number of H-pyrrole nitrogens is 1. The van der Waals surface area contributed by atoms with Gasteiger partial charge in [0.1, 0.15) is 12.2 Å². The van der Waals surface area contributed by atoms with E-state index in [0.29, 0.717) is 31.8 Å². The molecule has 8 nitrogen and oxygen atoms in total. The molecular formula is C9H15N5O3. The summed E-state index contributed by atoms with van der Waals surface area (Å²) in [6.07, 6.45) is 2.45. The third-order valence-corrected chi connectivity index (χ3v) is 1.97. The van der Waals surface area contributed by atoms with Crippen LogP contribution in [0, 0.1) is 0 Å². The maximum atomic E-state index is 11.2. The Bertz CT molecular complexity index is 352. The lowest BCUT2D eigenvalue weighted by atomic mass is 10.3. The molecule has 1 aromatic heterocycles. The second kappa shape index (κ2) is 7.20. The molecule has 1 aromatic rings. The SMILES string of the molecule is O=C(O)CCCNC(=O)NCCc1ncn[nH]1. The maximum absolute atomic E-state index is 11.2. The molecule has 0 spiro atoms. The predicted octanol–water partition coefficient (Wildman–Crippen LogP) is -0.489. The number of carboxylic acids is 1. The van der Waals surface area contributed by atoms with E-state index >= 15 is 0 Å². The minimum Gasteiger partial charge on any atom is -0.481 e. The third kappa shape index (κ3) is 6.13. The predicted molar refractivity (Wildman–Crippen MR) is 58.4 cm³/mol. The van der Waals surface area contributed by atoms with Gasteiger partial charge in [0, 0.05) is 25.9 Å². The van der Waals surface area contributed by atoms with Gasteiger partial charge < -0.3 is 15.7 Å². The van der Waals surface area contributed by atoms with E-state index in [0.717, 1.165) is 0 Å². The molecule has 94 valence electrons. The average molecular weight is 241 g/mol. The summed E-state index contributed by atoms with van der Waals surface area (Å²) >= 11 is 0. The van der Waals surface area contributed by atoms with Crippen LogP contribution in [-0.2, 0) is 11.2 Å². The number of carbonyl (C=O) groups is 2. The second-order valence-corrected chi connectivity index (χ2v) is 3.36.